The van der Waals surface area contributed by atoms with Gasteiger partial charge in [-0.1, -0.05) is 19.9 Å². The molecule has 3 aliphatic heterocycles. The normalized spacial score (nSPS) is 19.5. The maximum atomic E-state index is 12.9. The Hall–Kier alpha value is -3.31. The van der Waals surface area contributed by atoms with E-state index < -0.39 is 0 Å². The van der Waals surface area contributed by atoms with Gasteiger partial charge >= 0.3 is 0 Å². The van der Waals surface area contributed by atoms with Crippen LogP contribution in [0, 0.1) is 13.8 Å². The highest BCUT2D eigenvalue weighted by atomic mass is 32.1. The Balaban J connectivity index is 1.26. The Bertz CT molecular complexity index is 1680. The minimum atomic E-state index is -0.278. The van der Waals surface area contributed by atoms with Crippen molar-refractivity contribution in [1.29, 1.82) is 0 Å². The lowest BCUT2D eigenvalue weighted by Gasteiger charge is -2.28. The van der Waals surface area contributed by atoms with E-state index in [0.717, 1.165) is 33.9 Å². The van der Waals surface area contributed by atoms with Crippen LogP contribution in [0.4, 0.5) is 0 Å². The highest BCUT2D eigenvalue weighted by Gasteiger charge is 2.29. The molecular weight excluding hydrogens is 512 g/mol. The molecule has 2 N–H and O–H groups in total. The first-order valence-electron chi connectivity index (χ1n) is 13.5. The molecule has 1 atom stereocenters. The molecular formula is C29H32N6O3S. The number of aromatic amines is 1. The van der Waals surface area contributed by atoms with Gasteiger partial charge in [-0.15, -0.1) is 11.3 Å². The van der Waals surface area contributed by atoms with E-state index in [1.54, 1.807) is 16.2 Å². The third-order valence-electron chi connectivity index (χ3n) is 7.92. The maximum absolute atomic E-state index is 12.9. The van der Waals surface area contributed by atoms with Crippen LogP contribution in [0.1, 0.15) is 52.7 Å². The molecule has 7 heterocycles. The fourth-order valence-electron chi connectivity index (χ4n) is 6.06. The molecule has 1 amide bonds. The number of pyridine rings is 1. The number of carbonyl (C=O) groups is 1. The van der Waals surface area contributed by atoms with Crippen molar-refractivity contribution < 1.29 is 14.3 Å². The number of carbonyl (C=O) groups excluding carboxylic acids is 1. The molecule has 0 saturated carbocycles. The second kappa shape index (κ2) is 9.41. The van der Waals surface area contributed by atoms with Gasteiger partial charge in [0.15, 0.2) is 5.65 Å². The standard InChI is InChI=1S/C29H32N6O3S/c1-15(2)23-24-16(3)26(18-5-8-34(9-6-18)29(36)22-14-37-10-7-30-22)39-28(24)32-25(23)19-11-35-27(31-17(4)33-35)21-13-38-12-20(19)21/h5-6,8,11,15,22,30,32H,7,9-10,12-14H2,1-4H3/t22-/m1/s1. The maximum Gasteiger partial charge on any atom is 0.246 e. The first kappa shape index (κ1) is 24.7. The number of fused-ring (bicyclic) bond motifs is 4. The average molecular weight is 545 g/mol. The van der Waals surface area contributed by atoms with E-state index in [1.165, 1.54) is 31.8 Å². The van der Waals surface area contributed by atoms with Crippen LogP contribution in [0.3, 0.4) is 0 Å². The molecule has 3 aliphatic rings. The minimum absolute atomic E-state index is 0.0547. The summed E-state index contributed by atoms with van der Waals surface area (Å²) in [5, 5.41) is 9.16. The van der Waals surface area contributed by atoms with Crippen molar-refractivity contribution in [2.45, 2.75) is 52.9 Å². The number of rotatable bonds is 4. The quantitative estimate of drug-likeness (QED) is 0.395. The zero-order valence-electron chi connectivity index (χ0n) is 22.6. The number of aromatic nitrogens is 4. The number of hydrogen-bond donors (Lipinski definition) is 2. The minimum Gasteiger partial charge on any atom is -0.378 e. The van der Waals surface area contributed by atoms with Gasteiger partial charge in [0.1, 0.15) is 16.7 Å². The van der Waals surface area contributed by atoms with E-state index in [0.29, 0.717) is 45.4 Å². The van der Waals surface area contributed by atoms with Gasteiger partial charge in [0.25, 0.3) is 0 Å². The largest absolute Gasteiger partial charge is 0.378 e. The lowest BCUT2D eigenvalue weighted by atomic mass is 9.92. The number of allylic oxidation sites excluding steroid dienone is 2. The van der Waals surface area contributed by atoms with Gasteiger partial charge in [0, 0.05) is 46.9 Å². The molecule has 9 nitrogen and oxygen atoms in total. The van der Waals surface area contributed by atoms with Gasteiger partial charge in [-0.05, 0) is 48.1 Å². The summed E-state index contributed by atoms with van der Waals surface area (Å²) in [6, 6.07) is -0.278. The lowest BCUT2D eigenvalue weighted by molar-refractivity contribution is -0.133. The Morgan fingerprint density at radius 1 is 1.21 bits per heavy atom. The van der Waals surface area contributed by atoms with Crippen LogP contribution < -0.4 is 5.32 Å². The topological polar surface area (TPSA) is 96.8 Å². The van der Waals surface area contributed by atoms with Crippen LogP contribution in [0.5, 0.6) is 0 Å². The molecule has 0 bridgehead atoms. The monoisotopic (exact) mass is 544 g/mol. The molecule has 1 fully saturated rings. The first-order valence-corrected chi connectivity index (χ1v) is 14.3. The molecule has 0 aromatic carbocycles. The summed E-state index contributed by atoms with van der Waals surface area (Å²) in [4.78, 5) is 25.5. The van der Waals surface area contributed by atoms with Crippen LogP contribution in [0.25, 0.3) is 32.7 Å². The van der Waals surface area contributed by atoms with Crippen LogP contribution in [-0.4, -0.2) is 62.7 Å². The molecule has 4 aromatic rings. The predicted octanol–water partition coefficient (Wildman–Crippen LogP) is 4.44. The molecule has 0 radical (unpaired) electrons. The highest BCUT2D eigenvalue weighted by molar-refractivity contribution is 7.20. The van der Waals surface area contributed by atoms with E-state index in [9.17, 15) is 4.79 Å². The van der Waals surface area contributed by atoms with E-state index >= 15 is 0 Å². The third kappa shape index (κ3) is 3.97. The smallest absolute Gasteiger partial charge is 0.246 e. The van der Waals surface area contributed by atoms with Gasteiger partial charge in [-0.3, -0.25) is 4.79 Å². The molecule has 0 aliphatic carbocycles. The summed E-state index contributed by atoms with van der Waals surface area (Å²) >= 11 is 1.78. The summed E-state index contributed by atoms with van der Waals surface area (Å²) in [5.41, 5.74) is 9.24. The van der Waals surface area contributed by atoms with Crippen molar-refractivity contribution in [3.05, 3.63) is 57.5 Å². The molecule has 1 saturated heterocycles. The summed E-state index contributed by atoms with van der Waals surface area (Å²) in [5.74, 6) is 1.13. The molecule has 10 heteroatoms. The summed E-state index contributed by atoms with van der Waals surface area (Å²) < 4.78 is 13.3. The summed E-state index contributed by atoms with van der Waals surface area (Å²) in [6.45, 7) is 12.1. The summed E-state index contributed by atoms with van der Waals surface area (Å²) in [6.07, 6.45) is 8.23. The van der Waals surface area contributed by atoms with Crippen molar-refractivity contribution in [3.8, 4) is 11.3 Å². The zero-order valence-corrected chi connectivity index (χ0v) is 23.4. The molecule has 39 heavy (non-hydrogen) atoms. The van der Waals surface area contributed by atoms with E-state index in [2.05, 4.69) is 59.5 Å². The first-order chi connectivity index (χ1) is 18.9. The molecule has 7 rings (SSSR count). The predicted molar refractivity (Wildman–Crippen MR) is 152 cm³/mol. The molecule has 202 valence electrons. The lowest BCUT2D eigenvalue weighted by Crippen LogP contribution is -2.51. The number of nitrogens with zero attached hydrogens (tertiary/aromatic N) is 4. The Morgan fingerprint density at radius 2 is 2.05 bits per heavy atom. The van der Waals surface area contributed by atoms with Gasteiger partial charge in [0.05, 0.1) is 32.1 Å². The number of amides is 1. The summed E-state index contributed by atoms with van der Waals surface area (Å²) in [7, 11) is 0. The Morgan fingerprint density at radius 3 is 2.79 bits per heavy atom. The zero-order chi connectivity index (χ0) is 26.8. The van der Waals surface area contributed by atoms with Crippen LogP contribution in [-0.2, 0) is 27.5 Å². The van der Waals surface area contributed by atoms with Crippen LogP contribution in [0.2, 0.25) is 0 Å². The van der Waals surface area contributed by atoms with E-state index in [-0.39, 0.29) is 11.9 Å². The molecule has 4 aromatic heterocycles. The third-order valence-corrected chi connectivity index (χ3v) is 9.17. The van der Waals surface area contributed by atoms with Gasteiger partial charge in [-0.2, -0.15) is 5.10 Å². The molecule has 0 unspecified atom stereocenters. The Kier molecular flexibility index (Phi) is 5.96. The van der Waals surface area contributed by atoms with Crippen LogP contribution >= 0.6 is 11.3 Å². The number of nitrogens with one attached hydrogen (secondary N) is 2. The number of H-pyrrole nitrogens is 1. The number of aryl methyl sites for hydroxylation is 2. The highest BCUT2D eigenvalue weighted by Crippen LogP contribution is 2.46. The van der Waals surface area contributed by atoms with Crippen molar-refractivity contribution in [2.24, 2.45) is 0 Å². The fraction of sp³-hybridized carbons (Fsp3) is 0.414. The van der Waals surface area contributed by atoms with Gasteiger partial charge in [-0.25, -0.2) is 9.50 Å². The number of morpholine rings is 1. The number of ether oxygens (including phenoxy) is 2. The average Bonchev–Trinajstić information content (AvgIpc) is 3.71. The van der Waals surface area contributed by atoms with E-state index in [4.69, 9.17) is 9.47 Å². The molecule has 0 spiro atoms. The van der Waals surface area contributed by atoms with Crippen molar-refractivity contribution in [1.82, 2.24) is 29.8 Å². The number of hydrogen-bond acceptors (Lipinski definition) is 7. The fourth-order valence-corrected chi connectivity index (χ4v) is 7.31. The van der Waals surface area contributed by atoms with E-state index in [1.807, 2.05) is 17.6 Å². The number of thiophene rings is 1. The second-order valence-corrected chi connectivity index (χ2v) is 11.8. The van der Waals surface area contributed by atoms with Crippen LogP contribution in [0.15, 0.2) is 24.5 Å². The Labute approximate surface area is 230 Å². The SMILES string of the molecule is Cc1nc2c3c(c(-c4[nH]c5sc(C6=CCN(C(=O)[C@H]7COCCN7)C=C6)c(C)c5c4C(C)C)cn2n1)COC3. The van der Waals surface area contributed by atoms with Crippen molar-refractivity contribution in [3.63, 3.8) is 0 Å². The second-order valence-electron chi connectivity index (χ2n) is 10.8. The van der Waals surface area contributed by atoms with Gasteiger partial charge in [0.2, 0.25) is 5.91 Å². The van der Waals surface area contributed by atoms with Crippen molar-refractivity contribution in [2.75, 3.05) is 26.3 Å². The van der Waals surface area contributed by atoms with Gasteiger partial charge < -0.3 is 24.7 Å². The van der Waals surface area contributed by atoms with Crippen molar-refractivity contribution >= 4 is 38.7 Å².